The maximum atomic E-state index is 12.2. The lowest BCUT2D eigenvalue weighted by Gasteiger charge is -2.24. The van der Waals surface area contributed by atoms with Crippen molar-refractivity contribution in [2.75, 3.05) is 6.54 Å². The smallest absolute Gasteiger partial charge is 0.260 e. The molecule has 1 amide bonds. The van der Waals surface area contributed by atoms with Crippen LogP contribution >= 0.6 is 0 Å². The van der Waals surface area contributed by atoms with E-state index in [-0.39, 0.29) is 16.8 Å². The topological polar surface area (TPSA) is 84.5 Å². The molecule has 0 heterocycles. The Morgan fingerprint density at radius 1 is 1.20 bits per heavy atom. The lowest BCUT2D eigenvalue weighted by molar-refractivity contribution is -0.128. The Morgan fingerprint density at radius 3 is 2.44 bits per heavy atom. The van der Waals surface area contributed by atoms with E-state index in [1.54, 1.807) is 19.1 Å². The summed E-state index contributed by atoms with van der Waals surface area (Å²) in [6.45, 7) is 4.00. The van der Waals surface area contributed by atoms with Gasteiger partial charge in [-0.15, -0.1) is 0 Å². The van der Waals surface area contributed by atoms with Crippen molar-refractivity contribution in [1.82, 2.24) is 10.0 Å². The number of carbonyl (C=O) groups excluding carboxylic acids is 1. The van der Waals surface area contributed by atoms with Crippen LogP contribution in [0.15, 0.2) is 29.2 Å². The molecule has 1 aromatic carbocycles. The van der Waals surface area contributed by atoms with Crippen molar-refractivity contribution < 1.29 is 17.9 Å². The van der Waals surface area contributed by atoms with Crippen molar-refractivity contribution in [2.45, 2.75) is 69.4 Å². The molecule has 140 valence electrons. The highest BCUT2D eigenvalue weighted by Crippen LogP contribution is 2.19. The van der Waals surface area contributed by atoms with Crippen molar-refractivity contribution in [3.63, 3.8) is 0 Å². The summed E-state index contributed by atoms with van der Waals surface area (Å²) in [6.07, 6.45) is 5.70. The minimum Gasteiger partial charge on any atom is -0.481 e. The monoisotopic (exact) mass is 368 g/mol. The number of benzene rings is 1. The highest BCUT2D eigenvalue weighted by atomic mass is 32.2. The van der Waals surface area contributed by atoms with Crippen LogP contribution in [0, 0.1) is 0 Å². The Morgan fingerprint density at radius 2 is 1.84 bits per heavy atom. The van der Waals surface area contributed by atoms with Gasteiger partial charge < -0.3 is 10.1 Å². The number of ether oxygens (including phenoxy) is 1. The maximum absolute atomic E-state index is 12.2. The molecule has 1 fully saturated rings. The first-order valence-electron chi connectivity index (χ1n) is 8.99. The molecule has 0 radical (unpaired) electrons. The van der Waals surface area contributed by atoms with Crippen LogP contribution in [0.5, 0.6) is 5.75 Å². The molecular weight excluding hydrogens is 340 g/mol. The molecule has 0 saturated heterocycles. The van der Waals surface area contributed by atoms with Crippen LogP contribution in [0.2, 0.25) is 0 Å². The van der Waals surface area contributed by atoms with Crippen LogP contribution in [-0.4, -0.2) is 33.0 Å². The number of amides is 1. The number of carbonyl (C=O) groups is 1. The summed E-state index contributed by atoms with van der Waals surface area (Å²) in [5, 5.41) is 3.03. The third-order valence-corrected chi connectivity index (χ3v) is 5.79. The minimum atomic E-state index is -3.49. The van der Waals surface area contributed by atoms with E-state index < -0.39 is 16.1 Å². The predicted molar refractivity (Wildman–Crippen MR) is 97.0 cm³/mol. The second-order valence-corrected chi connectivity index (χ2v) is 8.24. The van der Waals surface area contributed by atoms with Gasteiger partial charge >= 0.3 is 0 Å². The van der Waals surface area contributed by atoms with Crippen molar-refractivity contribution >= 4 is 15.9 Å². The van der Waals surface area contributed by atoms with Gasteiger partial charge in [0.1, 0.15) is 5.75 Å². The van der Waals surface area contributed by atoms with E-state index in [9.17, 15) is 13.2 Å². The van der Waals surface area contributed by atoms with E-state index in [2.05, 4.69) is 10.0 Å². The van der Waals surface area contributed by atoms with Gasteiger partial charge in [0.2, 0.25) is 10.0 Å². The van der Waals surface area contributed by atoms with E-state index in [1.807, 2.05) is 6.92 Å². The van der Waals surface area contributed by atoms with E-state index >= 15 is 0 Å². The van der Waals surface area contributed by atoms with Crippen LogP contribution in [0.4, 0.5) is 0 Å². The zero-order valence-corrected chi connectivity index (χ0v) is 15.8. The van der Waals surface area contributed by atoms with Gasteiger partial charge in [-0.05, 0) is 50.5 Å². The largest absolute Gasteiger partial charge is 0.481 e. The van der Waals surface area contributed by atoms with Gasteiger partial charge in [-0.2, -0.15) is 0 Å². The number of hydrogen-bond acceptors (Lipinski definition) is 4. The average molecular weight is 368 g/mol. The molecule has 2 N–H and O–H groups in total. The molecule has 0 aliphatic heterocycles. The fraction of sp³-hybridized carbons (Fsp3) is 0.611. The fourth-order valence-corrected chi connectivity index (χ4v) is 3.97. The van der Waals surface area contributed by atoms with Crippen molar-refractivity contribution in [2.24, 2.45) is 0 Å². The molecule has 25 heavy (non-hydrogen) atoms. The number of rotatable bonds is 8. The molecule has 7 heteroatoms. The third-order valence-electron chi connectivity index (χ3n) is 4.31. The molecule has 0 bridgehead atoms. The van der Waals surface area contributed by atoms with Gasteiger partial charge in [-0.25, -0.2) is 13.1 Å². The van der Waals surface area contributed by atoms with Gasteiger partial charge in [0.05, 0.1) is 4.90 Å². The molecule has 0 unspecified atom stereocenters. The van der Waals surface area contributed by atoms with Crippen molar-refractivity contribution in [1.29, 1.82) is 0 Å². The lowest BCUT2D eigenvalue weighted by Crippen LogP contribution is -2.43. The first-order chi connectivity index (χ1) is 11.9. The predicted octanol–water partition coefficient (Wildman–Crippen LogP) is 2.59. The van der Waals surface area contributed by atoms with Crippen molar-refractivity contribution in [3.05, 3.63) is 24.3 Å². The quantitative estimate of drug-likeness (QED) is 0.739. The SMILES string of the molecule is CCCNS(=O)(=O)c1ccc(O[C@@H](C)C(=O)NC2CCCCC2)cc1. The second kappa shape index (κ2) is 9.20. The van der Waals surface area contributed by atoms with Gasteiger partial charge in [-0.1, -0.05) is 26.2 Å². The molecule has 1 aliphatic carbocycles. The van der Waals surface area contributed by atoms with E-state index in [0.29, 0.717) is 12.3 Å². The van der Waals surface area contributed by atoms with E-state index in [4.69, 9.17) is 4.74 Å². The molecule has 1 saturated carbocycles. The maximum Gasteiger partial charge on any atom is 0.260 e. The highest BCUT2D eigenvalue weighted by molar-refractivity contribution is 7.89. The Labute approximate surface area is 150 Å². The summed E-state index contributed by atoms with van der Waals surface area (Å²) >= 11 is 0. The van der Waals surface area contributed by atoms with E-state index in [0.717, 1.165) is 32.1 Å². The molecule has 1 aliphatic rings. The van der Waals surface area contributed by atoms with Crippen molar-refractivity contribution in [3.8, 4) is 5.75 Å². The highest BCUT2D eigenvalue weighted by Gasteiger charge is 2.21. The second-order valence-electron chi connectivity index (χ2n) is 6.47. The third kappa shape index (κ3) is 6.01. The number of nitrogens with one attached hydrogen (secondary N) is 2. The van der Waals surface area contributed by atoms with Crippen LogP contribution < -0.4 is 14.8 Å². The summed E-state index contributed by atoms with van der Waals surface area (Å²) in [5.74, 6) is 0.342. The average Bonchev–Trinajstić information content (AvgIpc) is 2.61. The summed E-state index contributed by atoms with van der Waals surface area (Å²) < 4.78 is 32.2. The molecule has 1 aromatic rings. The normalized spacial score (nSPS) is 17.0. The number of sulfonamides is 1. The summed E-state index contributed by atoms with van der Waals surface area (Å²) in [7, 11) is -3.49. The Kier molecular flexibility index (Phi) is 7.25. The minimum absolute atomic E-state index is 0.131. The standard InChI is InChI=1S/C18H28N2O4S/c1-3-13-19-25(22,23)17-11-9-16(10-12-17)24-14(2)18(21)20-15-7-5-4-6-8-15/h9-12,14-15,19H,3-8,13H2,1-2H3,(H,20,21)/t14-/m0/s1. The Hall–Kier alpha value is -1.60. The first kappa shape index (κ1) is 19.7. The molecular formula is C18H28N2O4S. The van der Waals surface area contributed by atoms with E-state index in [1.165, 1.54) is 18.6 Å². The van der Waals surface area contributed by atoms with Gasteiger partial charge in [0.15, 0.2) is 6.10 Å². The lowest BCUT2D eigenvalue weighted by atomic mass is 9.95. The van der Waals surface area contributed by atoms with Gasteiger partial charge in [0, 0.05) is 12.6 Å². The summed E-state index contributed by atoms with van der Waals surface area (Å²) in [5.41, 5.74) is 0. The Bertz CT molecular complexity index is 652. The Balaban J connectivity index is 1.90. The fourth-order valence-electron chi connectivity index (χ4n) is 2.84. The molecule has 0 spiro atoms. The molecule has 1 atom stereocenters. The zero-order chi connectivity index (χ0) is 18.3. The summed E-state index contributed by atoms with van der Waals surface area (Å²) in [6, 6.07) is 6.36. The summed E-state index contributed by atoms with van der Waals surface area (Å²) in [4.78, 5) is 12.4. The van der Waals surface area contributed by atoms with Crippen LogP contribution in [0.25, 0.3) is 0 Å². The molecule has 0 aromatic heterocycles. The zero-order valence-electron chi connectivity index (χ0n) is 15.0. The van der Waals surface area contributed by atoms with Crippen LogP contribution in [0.3, 0.4) is 0 Å². The first-order valence-corrected chi connectivity index (χ1v) is 10.5. The number of hydrogen-bond donors (Lipinski definition) is 2. The molecule has 2 rings (SSSR count). The van der Waals surface area contributed by atoms with Crippen LogP contribution in [0.1, 0.15) is 52.4 Å². The molecule has 6 nitrogen and oxygen atoms in total. The van der Waals surface area contributed by atoms with Gasteiger partial charge in [-0.3, -0.25) is 4.79 Å². The van der Waals surface area contributed by atoms with Gasteiger partial charge in [0.25, 0.3) is 5.91 Å². The van der Waals surface area contributed by atoms with Crippen LogP contribution in [-0.2, 0) is 14.8 Å².